The number of aryl methyl sites for hydroxylation is 1. The Morgan fingerprint density at radius 3 is 2.69 bits per heavy atom. The van der Waals surface area contributed by atoms with Gasteiger partial charge in [0.15, 0.2) is 0 Å². The molecule has 2 aromatic carbocycles. The van der Waals surface area contributed by atoms with Gasteiger partial charge < -0.3 is 19.9 Å². The van der Waals surface area contributed by atoms with E-state index in [4.69, 9.17) is 4.74 Å². The molecule has 0 unspecified atom stereocenters. The summed E-state index contributed by atoms with van der Waals surface area (Å²) in [5.74, 6) is 0.730. The molecule has 4 rings (SSSR count). The molecular weight excluding hydrogens is 366 g/mol. The van der Waals surface area contributed by atoms with Gasteiger partial charge in [0, 0.05) is 36.1 Å². The maximum Gasteiger partial charge on any atom is 0.242 e. The number of amides is 2. The van der Waals surface area contributed by atoms with Crippen molar-refractivity contribution in [2.75, 3.05) is 20.2 Å². The van der Waals surface area contributed by atoms with Crippen LogP contribution in [0.4, 0.5) is 0 Å². The molecule has 0 aliphatic carbocycles. The van der Waals surface area contributed by atoms with Gasteiger partial charge in [0.1, 0.15) is 11.8 Å². The first kappa shape index (κ1) is 19.1. The average Bonchev–Trinajstić information content (AvgIpc) is 3.12. The summed E-state index contributed by atoms with van der Waals surface area (Å²) in [6.45, 7) is 2.85. The molecule has 150 valence electrons. The highest BCUT2D eigenvalue weighted by Gasteiger charge is 2.29. The smallest absolute Gasteiger partial charge is 0.242 e. The number of methoxy groups -OCH3 is 1. The van der Waals surface area contributed by atoms with Crippen LogP contribution in [0, 0.1) is 0 Å². The number of fused-ring (bicyclic) bond motifs is 1. The molecule has 1 atom stereocenters. The van der Waals surface area contributed by atoms with Gasteiger partial charge in [-0.3, -0.25) is 9.59 Å². The zero-order valence-corrected chi connectivity index (χ0v) is 16.7. The minimum Gasteiger partial charge on any atom is -0.497 e. The normalized spacial score (nSPS) is 16.7. The standard InChI is InChI=1S/C23H25N3O3/c1-15-23(28)24-13-14-26(15)21(27)12-11-19-18-5-3-4-6-20(18)25-22(19)16-7-9-17(29-2)10-8-16/h3-10,15,25H,11-14H2,1-2H3,(H,24,28)/t15-/m0/s1. The van der Waals surface area contributed by atoms with E-state index < -0.39 is 6.04 Å². The van der Waals surface area contributed by atoms with E-state index in [2.05, 4.69) is 16.4 Å². The van der Waals surface area contributed by atoms with Crippen molar-refractivity contribution >= 4 is 22.7 Å². The number of ether oxygens (including phenoxy) is 1. The van der Waals surface area contributed by atoms with Crippen LogP contribution in [0.2, 0.25) is 0 Å². The average molecular weight is 391 g/mol. The van der Waals surface area contributed by atoms with Gasteiger partial charge in [0.05, 0.1) is 7.11 Å². The van der Waals surface area contributed by atoms with Gasteiger partial charge >= 0.3 is 0 Å². The van der Waals surface area contributed by atoms with E-state index in [-0.39, 0.29) is 11.8 Å². The molecule has 3 aromatic rings. The minimum absolute atomic E-state index is 0.0123. The Morgan fingerprint density at radius 1 is 1.17 bits per heavy atom. The van der Waals surface area contributed by atoms with Crippen LogP contribution >= 0.6 is 0 Å². The largest absolute Gasteiger partial charge is 0.497 e. The quantitative estimate of drug-likeness (QED) is 0.702. The Hall–Kier alpha value is -3.28. The number of carbonyl (C=O) groups excluding carboxylic acids is 2. The zero-order valence-electron chi connectivity index (χ0n) is 16.7. The molecule has 1 aliphatic heterocycles. The van der Waals surface area contributed by atoms with Crippen LogP contribution < -0.4 is 10.1 Å². The summed E-state index contributed by atoms with van der Waals surface area (Å²) < 4.78 is 5.27. The predicted molar refractivity (Wildman–Crippen MR) is 113 cm³/mol. The third-order valence-corrected chi connectivity index (χ3v) is 5.60. The third-order valence-electron chi connectivity index (χ3n) is 5.60. The highest BCUT2D eigenvalue weighted by molar-refractivity contribution is 5.92. The lowest BCUT2D eigenvalue weighted by molar-refractivity contribution is -0.142. The van der Waals surface area contributed by atoms with E-state index in [0.29, 0.717) is 25.9 Å². The molecule has 2 amide bonds. The van der Waals surface area contributed by atoms with E-state index in [9.17, 15) is 9.59 Å². The number of rotatable bonds is 5. The first-order valence-electron chi connectivity index (χ1n) is 9.89. The van der Waals surface area contributed by atoms with Crippen molar-refractivity contribution in [3.05, 3.63) is 54.1 Å². The third kappa shape index (κ3) is 3.70. The fourth-order valence-corrected chi connectivity index (χ4v) is 3.96. The zero-order chi connectivity index (χ0) is 20.4. The van der Waals surface area contributed by atoms with Crippen molar-refractivity contribution in [1.82, 2.24) is 15.2 Å². The summed E-state index contributed by atoms with van der Waals surface area (Å²) >= 11 is 0. The molecule has 1 saturated heterocycles. The van der Waals surface area contributed by atoms with Crippen LogP contribution in [0.15, 0.2) is 48.5 Å². The van der Waals surface area contributed by atoms with Crippen molar-refractivity contribution in [1.29, 1.82) is 0 Å². The summed E-state index contributed by atoms with van der Waals surface area (Å²) in [4.78, 5) is 29.9. The van der Waals surface area contributed by atoms with Crippen LogP contribution in [-0.4, -0.2) is 47.9 Å². The molecule has 1 aromatic heterocycles. The van der Waals surface area contributed by atoms with Crippen molar-refractivity contribution < 1.29 is 14.3 Å². The molecule has 0 saturated carbocycles. The van der Waals surface area contributed by atoms with Gasteiger partial charge in [-0.25, -0.2) is 0 Å². The van der Waals surface area contributed by atoms with Gasteiger partial charge in [0.25, 0.3) is 0 Å². The van der Waals surface area contributed by atoms with Crippen LogP contribution in [0.25, 0.3) is 22.2 Å². The molecule has 29 heavy (non-hydrogen) atoms. The fraction of sp³-hybridized carbons (Fsp3) is 0.304. The van der Waals surface area contributed by atoms with Gasteiger partial charge in [-0.1, -0.05) is 18.2 Å². The maximum absolute atomic E-state index is 12.8. The molecule has 6 heteroatoms. The second kappa shape index (κ2) is 7.99. The summed E-state index contributed by atoms with van der Waals surface area (Å²) in [5.41, 5.74) is 4.24. The van der Waals surface area contributed by atoms with E-state index >= 15 is 0 Å². The first-order chi connectivity index (χ1) is 14.1. The molecule has 6 nitrogen and oxygen atoms in total. The maximum atomic E-state index is 12.8. The number of carbonyl (C=O) groups is 2. The SMILES string of the molecule is COc1ccc(-c2[nH]c3ccccc3c2CCC(=O)N2CCNC(=O)[C@@H]2C)cc1. The van der Waals surface area contributed by atoms with Crippen molar-refractivity contribution in [3.63, 3.8) is 0 Å². The topological polar surface area (TPSA) is 74.4 Å². The summed E-state index contributed by atoms with van der Waals surface area (Å²) in [6.07, 6.45) is 0.970. The summed E-state index contributed by atoms with van der Waals surface area (Å²) in [6, 6.07) is 15.6. The van der Waals surface area contributed by atoms with Crippen molar-refractivity contribution in [2.45, 2.75) is 25.8 Å². The highest BCUT2D eigenvalue weighted by Crippen LogP contribution is 2.32. The number of aromatic amines is 1. The van der Waals surface area contributed by atoms with Gasteiger partial charge in [-0.2, -0.15) is 0 Å². The number of piperazine rings is 1. The fourth-order valence-electron chi connectivity index (χ4n) is 3.96. The van der Waals surface area contributed by atoms with E-state index in [0.717, 1.165) is 33.5 Å². The minimum atomic E-state index is -0.416. The second-order valence-electron chi connectivity index (χ2n) is 7.31. The number of benzene rings is 2. The van der Waals surface area contributed by atoms with E-state index in [1.54, 1.807) is 18.9 Å². The van der Waals surface area contributed by atoms with E-state index in [1.807, 2.05) is 42.5 Å². The number of hydrogen-bond donors (Lipinski definition) is 2. The number of hydrogen-bond acceptors (Lipinski definition) is 3. The van der Waals surface area contributed by atoms with Crippen LogP contribution in [0.3, 0.4) is 0 Å². The first-order valence-corrected chi connectivity index (χ1v) is 9.89. The Balaban J connectivity index is 1.62. The Bertz CT molecular complexity index is 1040. The van der Waals surface area contributed by atoms with Gasteiger partial charge in [-0.15, -0.1) is 0 Å². The number of nitrogens with zero attached hydrogens (tertiary/aromatic N) is 1. The van der Waals surface area contributed by atoms with Crippen molar-refractivity contribution in [3.8, 4) is 17.0 Å². The molecule has 1 fully saturated rings. The molecule has 2 N–H and O–H groups in total. The lowest BCUT2D eigenvalue weighted by Gasteiger charge is -2.32. The lowest BCUT2D eigenvalue weighted by atomic mass is 10.0. The molecular formula is C23H25N3O3. The van der Waals surface area contributed by atoms with E-state index in [1.165, 1.54) is 0 Å². The monoisotopic (exact) mass is 391 g/mol. The predicted octanol–water partition coefficient (Wildman–Crippen LogP) is 3.12. The van der Waals surface area contributed by atoms with Crippen LogP contribution in [-0.2, 0) is 16.0 Å². The molecule has 2 heterocycles. The summed E-state index contributed by atoms with van der Waals surface area (Å²) in [7, 11) is 1.65. The molecule has 0 spiro atoms. The second-order valence-corrected chi connectivity index (χ2v) is 7.31. The highest BCUT2D eigenvalue weighted by atomic mass is 16.5. The molecule has 0 bridgehead atoms. The van der Waals surface area contributed by atoms with Crippen LogP contribution in [0.5, 0.6) is 5.75 Å². The van der Waals surface area contributed by atoms with Gasteiger partial charge in [-0.05, 0) is 54.8 Å². The molecule has 0 radical (unpaired) electrons. The van der Waals surface area contributed by atoms with Crippen LogP contribution in [0.1, 0.15) is 18.9 Å². The number of nitrogens with one attached hydrogen (secondary N) is 2. The lowest BCUT2D eigenvalue weighted by Crippen LogP contribution is -2.55. The molecule has 1 aliphatic rings. The number of para-hydroxylation sites is 1. The Kier molecular flexibility index (Phi) is 5.25. The Labute approximate surface area is 169 Å². The summed E-state index contributed by atoms with van der Waals surface area (Å²) in [5, 5.41) is 3.92. The number of H-pyrrole nitrogens is 1. The van der Waals surface area contributed by atoms with Crippen molar-refractivity contribution in [2.24, 2.45) is 0 Å². The van der Waals surface area contributed by atoms with Gasteiger partial charge in [0.2, 0.25) is 11.8 Å². The number of aromatic nitrogens is 1. The Morgan fingerprint density at radius 2 is 1.93 bits per heavy atom.